The molecule has 0 aromatic carbocycles. The summed E-state index contributed by atoms with van der Waals surface area (Å²) in [5.74, 6) is 1.38. The summed E-state index contributed by atoms with van der Waals surface area (Å²) in [6.45, 7) is 14.1. The summed E-state index contributed by atoms with van der Waals surface area (Å²) < 4.78 is 0. The molecule has 2 heterocycles. The average Bonchev–Trinajstić information content (AvgIpc) is 2.77. The van der Waals surface area contributed by atoms with Gasteiger partial charge in [-0.2, -0.15) is 0 Å². The molecule has 2 aliphatic heterocycles. The first-order chi connectivity index (χ1) is 9.97. The van der Waals surface area contributed by atoms with Gasteiger partial charge in [0.25, 0.3) is 0 Å². The van der Waals surface area contributed by atoms with Gasteiger partial charge in [-0.25, -0.2) is 0 Å². The second-order valence-electron chi connectivity index (χ2n) is 8.58. The van der Waals surface area contributed by atoms with Gasteiger partial charge in [-0.05, 0) is 12.8 Å². The van der Waals surface area contributed by atoms with Crippen LogP contribution in [0.5, 0.6) is 0 Å². The Hall–Kier alpha value is -0.710. The molecule has 0 aromatic rings. The molecule has 1 unspecified atom stereocenters. The number of hydrogen-bond acceptors (Lipinski definition) is 3. The van der Waals surface area contributed by atoms with Crippen LogP contribution in [-0.4, -0.2) is 51.9 Å². The molecule has 2 aliphatic rings. The third-order valence-electron chi connectivity index (χ3n) is 4.43. The molecule has 0 aliphatic carbocycles. The molecule has 2 rings (SSSR count). The molecule has 126 valence electrons. The van der Waals surface area contributed by atoms with Gasteiger partial charge in [0.05, 0.1) is 6.54 Å². The zero-order valence-corrected chi connectivity index (χ0v) is 15.7. The van der Waals surface area contributed by atoms with E-state index in [2.05, 4.69) is 4.90 Å². The van der Waals surface area contributed by atoms with E-state index in [-0.39, 0.29) is 27.5 Å². The van der Waals surface area contributed by atoms with E-state index in [1.165, 1.54) is 0 Å². The number of piperidine rings is 1. The molecule has 2 fully saturated rings. The number of rotatable bonds is 0. The highest BCUT2D eigenvalue weighted by Gasteiger charge is 2.50. The highest BCUT2D eigenvalue weighted by atomic mass is 32.2. The van der Waals surface area contributed by atoms with Crippen LogP contribution < -0.4 is 0 Å². The summed E-state index contributed by atoms with van der Waals surface area (Å²) in [7, 11) is 0. The third kappa shape index (κ3) is 3.29. The Balaban J connectivity index is 2.22. The molecule has 1 spiro atoms. The molecule has 2 saturated heterocycles. The number of likely N-dealkylation sites (tertiary alicyclic amines) is 1. The standard InChI is InChI=1S/C17H30N2O2S/c1-15(2,3)13(20)18-9-7-8-17(12-18)19(10-11-22-17)14(21)16(4,5)6/h7-12H2,1-6H3. The molecule has 0 bridgehead atoms. The van der Waals surface area contributed by atoms with Crippen molar-refractivity contribution >= 4 is 23.6 Å². The van der Waals surface area contributed by atoms with Gasteiger partial charge in [0.15, 0.2) is 0 Å². The van der Waals surface area contributed by atoms with E-state index in [9.17, 15) is 9.59 Å². The molecule has 22 heavy (non-hydrogen) atoms. The molecule has 2 amide bonds. The Kier molecular flexibility index (Phi) is 4.60. The molecule has 5 heteroatoms. The predicted molar refractivity (Wildman–Crippen MR) is 91.6 cm³/mol. The SMILES string of the molecule is CC(C)(C)C(=O)N1CCCC2(C1)SCCN2C(=O)C(C)(C)C. The Morgan fingerprint density at radius 2 is 1.55 bits per heavy atom. The fraction of sp³-hybridized carbons (Fsp3) is 0.882. The van der Waals surface area contributed by atoms with Crippen LogP contribution in [0.2, 0.25) is 0 Å². The van der Waals surface area contributed by atoms with E-state index in [0.717, 1.165) is 31.7 Å². The normalized spacial score (nSPS) is 26.6. The van der Waals surface area contributed by atoms with Crippen LogP contribution in [0.1, 0.15) is 54.4 Å². The van der Waals surface area contributed by atoms with Crippen LogP contribution in [0.15, 0.2) is 0 Å². The van der Waals surface area contributed by atoms with Gasteiger partial charge < -0.3 is 9.80 Å². The molecule has 0 aromatic heterocycles. The van der Waals surface area contributed by atoms with Gasteiger partial charge in [-0.1, -0.05) is 41.5 Å². The minimum Gasteiger partial charge on any atom is -0.339 e. The number of hydrogen-bond donors (Lipinski definition) is 0. The zero-order chi connectivity index (χ0) is 16.8. The number of carbonyl (C=O) groups is 2. The summed E-state index contributed by atoms with van der Waals surface area (Å²) in [6.07, 6.45) is 1.97. The molecule has 1 atom stereocenters. The highest BCUT2D eigenvalue weighted by molar-refractivity contribution is 8.00. The predicted octanol–water partition coefficient (Wildman–Crippen LogP) is 2.97. The van der Waals surface area contributed by atoms with Crippen LogP contribution in [0.25, 0.3) is 0 Å². The minimum atomic E-state index is -0.367. The van der Waals surface area contributed by atoms with E-state index in [1.54, 1.807) is 0 Å². The maximum absolute atomic E-state index is 12.8. The smallest absolute Gasteiger partial charge is 0.229 e. The third-order valence-corrected chi connectivity index (χ3v) is 5.90. The van der Waals surface area contributed by atoms with Crippen LogP contribution in [0.3, 0.4) is 0 Å². The number of carbonyl (C=O) groups excluding carboxylic acids is 2. The quantitative estimate of drug-likeness (QED) is 0.687. The van der Waals surface area contributed by atoms with Gasteiger partial charge in [-0.3, -0.25) is 9.59 Å². The second kappa shape index (κ2) is 5.73. The van der Waals surface area contributed by atoms with Crippen LogP contribution in [-0.2, 0) is 9.59 Å². The van der Waals surface area contributed by atoms with Crippen molar-refractivity contribution in [2.45, 2.75) is 59.3 Å². The lowest BCUT2D eigenvalue weighted by molar-refractivity contribution is -0.149. The summed E-state index contributed by atoms with van der Waals surface area (Å²) in [5, 5.41) is 0. The zero-order valence-electron chi connectivity index (χ0n) is 14.9. The van der Waals surface area contributed by atoms with E-state index in [4.69, 9.17) is 0 Å². The van der Waals surface area contributed by atoms with Gasteiger partial charge >= 0.3 is 0 Å². The molecule has 0 radical (unpaired) electrons. The lowest BCUT2D eigenvalue weighted by atomic mass is 9.90. The first-order valence-corrected chi connectivity index (χ1v) is 9.21. The summed E-state index contributed by atoms with van der Waals surface area (Å²) in [5.41, 5.74) is -0.727. The molecular weight excluding hydrogens is 296 g/mol. The lowest BCUT2D eigenvalue weighted by Gasteiger charge is -2.47. The molecular formula is C17H30N2O2S. The van der Waals surface area contributed by atoms with Crippen molar-refractivity contribution in [2.75, 3.05) is 25.4 Å². The van der Waals surface area contributed by atoms with Gasteiger partial charge in [0.1, 0.15) is 4.87 Å². The molecule has 0 saturated carbocycles. The maximum Gasteiger partial charge on any atom is 0.229 e. The van der Waals surface area contributed by atoms with Crippen LogP contribution in [0.4, 0.5) is 0 Å². The van der Waals surface area contributed by atoms with E-state index < -0.39 is 0 Å². The van der Waals surface area contributed by atoms with Crippen molar-refractivity contribution in [1.29, 1.82) is 0 Å². The number of thioether (sulfide) groups is 1. The van der Waals surface area contributed by atoms with Crippen molar-refractivity contribution < 1.29 is 9.59 Å². The monoisotopic (exact) mass is 326 g/mol. The van der Waals surface area contributed by atoms with E-state index >= 15 is 0 Å². The number of nitrogens with zero attached hydrogens (tertiary/aromatic N) is 2. The van der Waals surface area contributed by atoms with Crippen molar-refractivity contribution in [3.05, 3.63) is 0 Å². The Morgan fingerprint density at radius 1 is 0.955 bits per heavy atom. The molecule has 0 N–H and O–H groups in total. The Morgan fingerprint density at radius 3 is 2.09 bits per heavy atom. The van der Waals surface area contributed by atoms with Crippen molar-refractivity contribution in [3.63, 3.8) is 0 Å². The van der Waals surface area contributed by atoms with Crippen molar-refractivity contribution in [3.8, 4) is 0 Å². The average molecular weight is 327 g/mol. The number of amides is 2. The van der Waals surface area contributed by atoms with E-state index in [1.807, 2.05) is 58.2 Å². The lowest BCUT2D eigenvalue weighted by Crippen LogP contribution is -2.59. The summed E-state index contributed by atoms with van der Waals surface area (Å²) in [4.78, 5) is 29.3. The second-order valence-corrected chi connectivity index (χ2v) is 10.0. The molecule has 4 nitrogen and oxygen atoms in total. The van der Waals surface area contributed by atoms with E-state index in [0.29, 0.717) is 6.54 Å². The van der Waals surface area contributed by atoms with Gasteiger partial charge in [0, 0.05) is 29.7 Å². The topological polar surface area (TPSA) is 40.6 Å². The van der Waals surface area contributed by atoms with Gasteiger partial charge in [-0.15, -0.1) is 11.8 Å². The largest absolute Gasteiger partial charge is 0.339 e. The summed E-state index contributed by atoms with van der Waals surface area (Å²) >= 11 is 1.86. The minimum absolute atomic E-state index is 0.197. The Labute approximate surface area is 139 Å². The van der Waals surface area contributed by atoms with Crippen LogP contribution >= 0.6 is 11.8 Å². The maximum atomic E-state index is 12.8. The highest BCUT2D eigenvalue weighted by Crippen LogP contribution is 2.44. The van der Waals surface area contributed by atoms with Crippen molar-refractivity contribution in [2.24, 2.45) is 10.8 Å². The van der Waals surface area contributed by atoms with Gasteiger partial charge in [0.2, 0.25) is 11.8 Å². The van der Waals surface area contributed by atoms with Crippen LogP contribution in [0, 0.1) is 10.8 Å². The first kappa shape index (κ1) is 17.6. The van der Waals surface area contributed by atoms with Crippen molar-refractivity contribution in [1.82, 2.24) is 9.80 Å². The summed E-state index contributed by atoms with van der Waals surface area (Å²) in [6, 6.07) is 0. The first-order valence-electron chi connectivity index (χ1n) is 8.23. The fourth-order valence-corrected chi connectivity index (χ4v) is 4.81. The fourth-order valence-electron chi connectivity index (χ4n) is 3.29. The Bertz CT molecular complexity index is 464.